The Balaban J connectivity index is 2.22. The van der Waals surface area contributed by atoms with Gasteiger partial charge in [-0.25, -0.2) is 0 Å². The van der Waals surface area contributed by atoms with E-state index in [1.807, 2.05) is 0 Å². The molecule has 2 aromatic rings. The summed E-state index contributed by atoms with van der Waals surface area (Å²) in [5, 5.41) is 3.54. The number of para-hydroxylation sites is 2. The molecular weight excluding hydrogens is 194 g/mol. The van der Waals surface area contributed by atoms with Crippen LogP contribution in [-0.4, -0.2) is 0 Å². The molecule has 0 saturated carbocycles. The molecule has 1 heterocycles. The average molecular weight is 209 g/mol. The summed E-state index contributed by atoms with van der Waals surface area (Å²) < 4.78 is 0. The molecule has 1 N–H and O–H groups in total. The van der Waals surface area contributed by atoms with E-state index < -0.39 is 0 Å². The van der Waals surface area contributed by atoms with Gasteiger partial charge in [-0.2, -0.15) is 0 Å². The molecule has 0 fully saturated rings. The predicted molar refractivity (Wildman–Crippen MR) is 68.4 cm³/mol. The fraction of sp³-hybridized carbons (Fsp3) is 0.200. The fourth-order valence-electron chi connectivity index (χ4n) is 2.51. The smallest absolute Gasteiger partial charge is 0.0452 e. The molecule has 2 aromatic carbocycles. The number of hydrogen-bond acceptors (Lipinski definition) is 1. The third-order valence-corrected chi connectivity index (χ3v) is 3.46. The summed E-state index contributed by atoms with van der Waals surface area (Å²) in [7, 11) is 0. The van der Waals surface area contributed by atoms with E-state index in [0.29, 0.717) is 5.92 Å². The van der Waals surface area contributed by atoms with Crippen LogP contribution in [0.15, 0.2) is 42.5 Å². The second-order valence-corrected chi connectivity index (χ2v) is 4.47. The van der Waals surface area contributed by atoms with Crippen molar-refractivity contribution in [3.8, 4) is 0 Å². The van der Waals surface area contributed by atoms with Crippen molar-refractivity contribution in [2.75, 3.05) is 5.32 Å². The van der Waals surface area contributed by atoms with Crippen molar-refractivity contribution >= 4 is 11.4 Å². The SMILES string of the molecule is Cc1cccc2c1Nc1ccccc1C2C. The first-order valence-electron chi connectivity index (χ1n) is 5.73. The van der Waals surface area contributed by atoms with Crippen molar-refractivity contribution in [1.29, 1.82) is 0 Å². The van der Waals surface area contributed by atoms with Crippen molar-refractivity contribution in [3.63, 3.8) is 0 Å². The first-order valence-corrected chi connectivity index (χ1v) is 5.73. The van der Waals surface area contributed by atoms with E-state index in [0.717, 1.165) is 0 Å². The summed E-state index contributed by atoms with van der Waals surface area (Å²) in [5.41, 5.74) is 6.64. The minimum atomic E-state index is 0.479. The number of nitrogens with one attached hydrogen (secondary N) is 1. The van der Waals surface area contributed by atoms with E-state index in [2.05, 4.69) is 61.6 Å². The topological polar surface area (TPSA) is 12.0 Å². The lowest BCUT2D eigenvalue weighted by Gasteiger charge is -2.28. The van der Waals surface area contributed by atoms with E-state index >= 15 is 0 Å². The highest BCUT2D eigenvalue weighted by Gasteiger charge is 2.21. The van der Waals surface area contributed by atoms with E-state index in [1.54, 1.807) is 0 Å². The highest BCUT2D eigenvalue weighted by molar-refractivity contribution is 5.75. The zero-order chi connectivity index (χ0) is 11.1. The molecule has 1 aliphatic heterocycles. The van der Waals surface area contributed by atoms with Crippen LogP contribution in [0.2, 0.25) is 0 Å². The van der Waals surface area contributed by atoms with Crippen LogP contribution in [0.5, 0.6) is 0 Å². The zero-order valence-electron chi connectivity index (χ0n) is 9.62. The summed E-state index contributed by atoms with van der Waals surface area (Å²) in [4.78, 5) is 0. The van der Waals surface area contributed by atoms with Gasteiger partial charge in [0.1, 0.15) is 0 Å². The Labute approximate surface area is 96.1 Å². The van der Waals surface area contributed by atoms with Gasteiger partial charge in [0.15, 0.2) is 0 Å². The van der Waals surface area contributed by atoms with Gasteiger partial charge in [0.05, 0.1) is 0 Å². The van der Waals surface area contributed by atoms with Crippen molar-refractivity contribution in [1.82, 2.24) is 0 Å². The van der Waals surface area contributed by atoms with Gasteiger partial charge >= 0.3 is 0 Å². The molecule has 0 bridgehead atoms. The molecule has 1 atom stereocenters. The summed E-state index contributed by atoms with van der Waals surface area (Å²) in [6.07, 6.45) is 0. The summed E-state index contributed by atoms with van der Waals surface area (Å²) in [6.45, 7) is 4.43. The fourth-order valence-corrected chi connectivity index (χ4v) is 2.51. The zero-order valence-corrected chi connectivity index (χ0v) is 9.62. The first-order chi connectivity index (χ1) is 7.77. The van der Waals surface area contributed by atoms with E-state index in [4.69, 9.17) is 0 Å². The van der Waals surface area contributed by atoms with Gasteiger partial charge in [-0.3, -0.25) is 0 Å². The van der Waals surface area contributed by atoms with Crippen LogP contribution in [-0.2, 0) is 0 Å². The minimum absolute atomic E-state index is 0.479. The maximum absolute atomic E-state index is 3.54. The molecule has 0 aliphatic carbocycles. The number of benzene rings is 2. The van der Waals surface area contributed by atoms with Crippen molar-refractivity contribution < 1.29 is 0 Å². The third kappa shape index (κ3) is 1.25. The van der Waals surface area contributed by atoms with Gasteiger partial charge in [-0.1, -0.05) is 43.3 Å². The van der Waals surface area contributed by atoms with Crippen molar-refractivity contribution in [3.05, 3.63) is 59.2 Å². The van der Waals surface area contributed by atoms with Crippen molar-refractivity contribution in [2.24, 2.45) is 0 Å². The number of aryl methyl sites for hydroxylation is 1. The number of anilines is 2. The number of hydrogen-bond donors (Lipinski definition) is 1. The molecule has 0 aromatic heterocycles. The van der Waals surface area contributed by atoms with Gasteiger partial charge in [-0.05, 0) is 29.7 Å². The molecule has 1 unspecified atom stereocenters. The van der Waals surface area contributed by atoms with E-state index in [9.17, 15) is 0 Å². The number of rotatable bonds is 0. The molecule has 1 heteroatoms. The second kappa shape index (κ2) is 3.38. The average Bonchev–Trinajstić information content (AvgIpc) is 2.31. The third-order valence-electron chi connectivity index (χ3n) is 3.46. The standard InChI is InChI=1S/C15H15N/c1-10-6-5-8-13-11(2)12-7-3-4-9-14(12)16-15(10)13/h3-9,11,16H,1-2H3. The molecule has 0 radical (unpaired) electrons. The minimum Gasteiger partial charge on any atom is -0.355 e. The second-order valence-electron chi connectivity index (χ2n) is 4.47. The van der Waals surface area contributed by atoms with Crippen LogP contribution in [0.4, 0.5) is 11.4 Å². The maximum Gasteiger partial charge on any atom is 0.0452 e. The molecule has 0 spiro atoms. The Kier molecular flexibility index (Phi) is 2.00. The molecule has 3 rings (SSSR count). The monoisotopic (exact) mass is 209 g/mol. The maximum atomic E-state index is 3.54. The molecule has 0 saturated heterocycles. The lowest BCUT2D eigenvalue weighted by molar-refractivity contribution is 0.909. The first kappa shape index (κ1) is 9.46. The highest BCUT2D eigenvalue weighted by atomic mass is 14.9. The van der Waals surface area contributed by atoms with Crippen LogP contribution in [0.25, 0.3) is 0 Å². The lowest BCUT2D eigenvalue weighted by atomic mass is 9.86. The Morgan fingerprint density at radius 1 is 0.938 bits per heavy atom. The van der Waals surface area contributed by atoms with Gasteiger partial charge in [-0.15, -0.1) is 0 Å². The van der Waals surface area contributed by atoms with Crippen LogP contribution >= 0.6 is 0 Å². The molecule has 1 nitrogen and oxygen atoms in total. The Morgan fingerprint density at radius 3 is 2.56 bits per heavy atom. The highest BCUT2D eigenvalue weighted by Crippen LogP contribution is 2.41. The predicted octanol–water partition coefficient (Wildman–Crippen LogP) is 4.20. The summed E-state index contributed by atoms with van der Waals surface area (Å²) in [6, 6.07) is 15.1. The van der Waals surface area contributed by atoms with Gasteiger partial charge in [0.2, 0.25) is 0 Å². The van der Waals surface area contributed by atoms with Gasteiger partial charge in [0, 0.05) is 17.3 Å². The van der Waals surface area contributed by atoms with Crippen LogP contribution in [0, 0.1) is 6.92 Å². The molecule has 80 valence electrons. The number of fused-ring (bicyclic) bond motifs is 2. The molecular formula is C15H15N. The van der Waals surface area contributed by atoms with Crippen LogP contribution in [0.3, 0.4) is 0 Å². The Morgan fingerprint density at radius 2 is 1.69 bits per heavy atom. The quantitative estimate of drug-likeness (QED) is 0.685. The molecule has 1 aliphatic rings. The van der Waals surface area contributed by atoms with Crippen LogP contribution in [0.1, 0.15) is 29.5 Å². The molecule has 0 amide bonds. The van der Waals surface area contributed by atoms with E-state index in [1.165, 1.54) is 28.1 Å². The lowest BCUT2D eigenvalue weighted by Crippen LogP contribution is -2.11. The normalized spacial score (nSPS) is 17.2. The van der Waals surface area contributed by atoms with Crippen LogP contribution < -0.4 is 5.32 Å². The molecule has 16 heavy (non-hydrogen) atoms. The summed E-state index contributed by atoms with van der Waals surface area (Å²) >= 11 is 0. The van der Waals surface area contributed by atoms with Gasteiger partial charge < -0.3 is 5.32 Å². The Bertz CT molecular complexity index is 543. The van der Waals surface area contributed by atoms with E-state index in [-0.39, 0.29) is 0 Å². The summed E-state index contributed by atoms with van der Waals surface area (Å²) in [5.74, 6) is 0.479. The van der Waals surface area contributed by atoms with Gasteiger partial charge in [0.25, 0.3) is 0 Å². The van der Waals surface area contributed by atoms with Crippen molar-refractivity contribution in [2.45, 2.75) is 19.8 Å². The Hall–Kier alpha value is -1.76. The largest absolute Gasteiger partial charge is 0.355 e.